The lowest BCUT2D eigenvalue weighted by Gasteiger charge is -2.36. The van der Waals surface area contributed by atoms with Gasteiger partial charge in [-0.2, -0.15) is 0 Å². The molecule has 2 atom stereocenters. The zero-order valence-electron chi connectivity index (χ0n) is 7.92. The monoisotopic (exact) mass is 171 g/mol. The first kappa shape index (κ1) is 9.52. The maximum Gasteiger partial charge on any atom is 0.309 e. The summed E-state index contributed by atoms with van der Waals surface area (Å²) in [5.41, 5.74) is 4.92. The first-order valence-electron chi connectivity index (χ1n) is 4.31. The normalized spacial score (nSPS) is 39.8. The highest BCUT2D eigenvalue weighted by Gasteiger charge is 2.54. The predicted molar refractivity (Wildman–Crippen MR) is 46.7 cm³/mol. The third-order valence-corrected chi connectivity index (χ3v) is 3.78. The van der Waals surface area contributed by atoms with Crippen molar-refractivity contribution in [2.45, 2.75) is 39.7 Å². The third kappa shape index (κ3) is 0.959. The number of hydrogen-bond acceptors (Lipinski definition) is 2. The topological polar surface area (TPSA) is 63.3 Å². The molecule has 0 spiro atoms. The Morgan fingerprint density at radius 1 is 1.50 bits per heavy atom. The first-order valence-corrected chi connectivity index (χ1v) is 4.31. The van der Waals surface area contributed by atoms with E-state index in [1.54, 1.807) is 6.92 Å². The number of carbonyl (C=O) groups is 1. The Bertz CT molecular complexity index is 213. The van der Waals surface area contributed by atoms with Crippen molar-refractivity contribution >= 4 is 5.97 Å². The highest BCUT2D eigenvalue weighted by molar-refractivity contribution is 5.76. The van der Waals surface area contributed by atoms with Gasteiger partial charge in [-0.1, -0.05) is 13.8 Å². The number of rotatable bonds is 1. The molecule has 3 nitrogen and oxygen atoms in total. The number of carboxylic acids is 1. The summed E-state index contributed by atoms with van der Waals surface area (Å²) in [6.45, 7) is 5.68. The van der Waals surface area contributed by atoms with E-state index in [9.17, 15) is 4.79 Å². The average Bonchev–Trinajstić information content (AvgIpc) is 2.15. The van der Waals surface area contributed by atoms with Gasteiger partial charge in [0, 0.05) is 6.04 Å². The minimum absolute atomic E-state index is 0.0126. The van der Waals surface area contributed by atoms with Gasteiger partial charge in [-0.25, -0.2) is 0 Å². The zero-order valence-corrected chi connectivity index (χ0v) is 7.92. The lowest BCUT2D eigenvalue weighted by molar-refractivity contribution is -0.153. The van der Waals surface area contributed by atoms with Crippen molar-refractivity contribution < 1.29 is 9.90 Å². The van der Waals surface area contributed by atoms with Crippen LogP contribution in [0.1, 0.15) is 33.6 Å². The summed E-state index contributed by atoms with van der Waals surface area (Å²) in [5, 5.41) is 9.07. The number of hydrogen-bond donors (Lipinski definition) is 2. The summed E-state index contributed by atoms with van der Waals surface area (Å²) in [4.78, 5) is 11.0. The second-order valence-corrected chi connectivity index (χ2v) is 4.50. The van der Waals surface area contributed by atoms with E-state index in [2.05, 4.69) is 0 Å². The van der Waals surface area contributed by atoms with Crippen molar-refractivity contribution in [3.8, 4) is 0 Å². The lowest BCUT2D eigenvalue weighted by atomic mass is 9.68. The molecule has 0 aromatic carbocycles. The van der Waals surface area contributed by atoms with Crippen LogP contribution in [-0.2, 0) is 4.79 Å². The van der Waals surface area contributed by atoms with Crippen LogP contribution < -0.4 is 5.73 Å². The smallest absolute Gasteiger partial charge is 0.309 e. The minimum Gasteiger partial charge on any atom is -0.481 e. The molecular formula is C9H17NO2. The van der Waals surface area contributed by atoms with Crippen LogP contribution in [0.15, 0.2) is 0 Å². The molecule has 0 aromatic rings. The van der Waals surface area contributed by atoms with Gasteiger partial charge >= 0.3 is 5.97 Å². The van der Waals surface area contributed by atoms with Crippen LogP contribution in [0.3, 0.4) is 0 Å². The van der Waals surface area contributed by atoms with E-state index in [4.69, 9.17) is 10.8 Å². The fraction of sp³-hybridized carbons (Fsp3) is 0.889. The molecule has 1 aliphatic rings. The Hall–Kier alpha value is -0.570. The van der Waals surface area contributed by atoms with Crippen molar-refractivity contribution in [2.75, 3.05) is 0 Å². The van der Waals surface area contributed by atoms with E-state index in [0.29, 0.717) is 6.42 Å². The van der Waals surface area contributed by atoms with Crippen LogP contribution in [0.5, 0.6) is 0 Å². The fourth-order valence-electron chi connectivity index (χ4n) is 1.92. The number of aliphatic carboxylic acids is 1. The highest BCUT2D eigenvalue weighted by Crippen LogP contribution is 2.51. The molecule has 1 rings (SSSR count). The molecule has 1 fully saturated rings. The summed E-state index contributed by atoms with van der Waals surface area (Å²) in [5.74, 6) is -0.722. The third-order valence-electron chi connectivity index (χ3n) is 3.78. The minimum atomic E-state index is -0.722. The highest BCUT2D eigenvalue weighted by atomic mass is 16.4. The average molecular weight is 171 g/mol. The molecule has 0 aliphatic heterocycles. The van der Waals surface area contributed by atoms with Gasteiger partial charge in [0.1, 0.15) is 0 Å². The van der Waals surface area contributed by atoms with Crippen LogP contribution in [0.2, 0.25) is 0 Å². The second-order valence-electron chi connectivity index (χ2n) is 4.50. The first-order chi connectivity index (χ1) is 5.32. The molecule has 1 aliphatic carbocycles. The van der Waals surface area contributed by atoms with Crippen LogP contribution in [0.25, 0.3) is 0 Å². The molecule has 3 N–H and O–H groups in total. The van der Waals surface area contributed by atoms with Crippen molar-refractivity contribution in [1.82, 2.24) is 0 Å². The van der Waals surface area contributed by atoms with Crippen LogP contribution in [-0.4, -0.2) is 17.1 Å². The number of nitrogens with two attached hydrogens (primary N) is 1. The Kier molecular flexibility index (Phi) is 1.95. The standard InChI is InChI=1S/C9H17NO2/c1-8(2)6(10)4-5-9(8,3)7(11)12/h6H,4-5,10H2,1-3H3,(H,11,12)/t6-,9-/m1/s1. The van der Waals surface area contributed by atoms with Gasteiger partial charge < -0.3 is 10.8 Å². The van der Waals surface area contributed by atoms with E-state index < -0.39 is 11.4 Å². The Labute approximate surface area is 72.9 Å². The molecule has 0 unspecified atom stereocenters. The van der Waals surface area contributed by atoms with Gasteiger partial charge in [0.05, 0.1) is 5.41 Å². The van der Waals surface area contributed by atoms with Crippen molar-refractivity contribution in [3.63, 3.8) is 0 Å². The summed E-state index contributed by atoms with van der Waals surface area (Å²) >= 11 is 0. The summed E-state index contributed by atoms with van der Waals surface area (Å²) in [7, 11) is 0. The van der Waals surface area contributed by atoms with Gasteiger partial charge in [0.2, 0.25) is 0 Å². The largest absolute Gasteiger partial charge is 0.481 e. The predicted octanol–water partition coefficient (Wildman–Crippen LogP) is 1.22. The molecular weight excluding hydrogens is 154 g/mol. The van der Waals surface area contributed by atoms with Crippen LogP contribution in [0, 0.1) is 10.8 Å². The van der Waals surface area contributed by atoms with Gasteiger partial charge in [-0.15, -0.1) is 0 Å². The zero-order chi connectivity index (χ0) is 9.57. The molecule has 0 saturated heterocycles. The summed E-state index contributed by atoms with van der Waals surface area (Å²) < 4.78 is 0. The van der Waals surface area contributed by atoms with Gasteiger partial charge in [0.15, 0.2) is 0 Å². The summed E-state index contributed by atoms with van der Waals surface area (Å²) in [6, 6.07) is 0.0126. The Balaban J connectivity index is 3.01. The van der Waals surface area contributed by atoms with Crippen LogP contribution in [0.4, 0.5) is 0 Å². The van der Waals surface area contributed by atoms with E-state index in [-0.39, 0.29) is 11.5 Å². The Morgan fingerprint density at radius 2 is 2.00 bits per heavy atom. The SMILES string of the molecule is CC1(C)[C@H](N)CC[C@]1(C)C(=O)O. The molecule has 0 aromatic heterocycles. The lowest BCUT2D eigenvalue weighted by Crippen LogP contribution is -2.45. The molecule has 0 bridgehead atoms. The molecule has 0 amide bonds. The van der Waals surface area contributed by atoms with E-state index >= 15 is 0 Å². The van der Waals surface area contributed by atoms with Gasteiger partial charge in [-0.3, -0.25) is 4.79 Å². The van der Waals surface area contributed by atoms with E-state index in [0.717, 1.165) is 6.42 Å². The Morgan fingerprint density at radius 3 is 2.17 bits per heavy atom. The number of carboxylic acid groups (broad SMARTS) is 1. The van der Waals surface area contributed by atoms with Crippen LogP contribution >= 0.6 is 0 Å². The molecule has 70 valence electrons. The van der Waals surface area contributed by atoms with Gasteiger partial charge in [-0.05, 0) is 25.2 Å². The van der Waals surface area contributed by atoms with E-state index in [1.165, 1.54) is 0 Å². The fourth-order valence-corrected chi connectivity index (χ4v) is 1.92. The molecule has 1 saturated carbocycles. The maximum atomic E-state index is 11.0. The molecule has 0 heterocycles. The molecule has 12 heavy (non-hydrogen) atoms. The van der Waals surface area contributed by atoms with Crippen molar-refractivity contribution in [3.05, 3.63) is 0 Å². The van der Waals surface area contributed by atoms with Crippen molar-refractivity contribution in [1.29, 1.82) is 0 Å². The maximum absolute atomic E-state index is 11.0. The second kappa shape index (κ2) is 2.46. The summed E-state index contributed by atoms with van der Waals surface area (Å²) in [6.07, 6.45) is 1.51. The molecule has 3 heteroatoms. The van der Waals surface area contributed by atoms with E-state index in [1.807, 2.05) is 13.8 Å². The quantitative estimate of drug-likeness (QED) is 0.623. The van der Waals surface area contributed by atoms with Gasteiger partial charge in [0.25, 0.3) is 0 Å². The van der Waals surface area contributed by atoms with Crippen molar-refractivity contribution in [2.24, 2.45) is 16.6 Å². The molecule has 0 radical (unpaired) electrons.